The first-order valence-electron chi connectivity index (χ1n) is 13.6. The van der Waals surface area contributed by atoms with Crippen LogP contribution in [0.5, 0.6) is 11.8 Å². The summed E-state index contributed by atoms with van der Waals surface area (Å²) in [6.45, 7) is 3.78. The summed E-state index contributed by atoms with van der Waals surface area (Å²) >= 11 is -4.70. The highest BCUT2D eigenvalue weighted by Crippen LogP contribution is 2.72. The van der Waals surface area contributed by atoms with Gasteiger partial charge in [-0.15, -0.1) is 0 Å². The van der Waals surface area contributed by atoms with Crippen LogP contribution in [0.4, 0.5) is 74.6 Å². The van der Waals surface area contributed by atoms with E-state index in [-0.39, 0.29) is 39.5 Å². The molecule has 0 aromatic carbocycles. The van der Waals surface area contributed by atoms with Gasteiger partial charge in [-0.3, -0.25) is 4.28 Å². The van der Waals surface area contributed by atoms with Crippen LogP contribution in [0.25, 0.3) is 0 Å². The number of halogens is 17. The van der Waals surface area contributed by atoms with E-state index in [4.69, 9.17) is 0 Å². The van der Waals surface area contributed by atoms with Crippen molar-refractivity contribution in [2.24, 2.45) is 23.7 Å². The Morgan fingerprint density at radius 1 is 0.625 bits per heavy atom. The molecule has 0 amide bonds. The van der Waals surface area contributed by atoms with E-state index in [0.29, 0.717) is 19.3 Å². The molecule has 1 aromatic heterocycles. The summed E-state index contributed by atoms with van der Waals surface area (Å²) in [5.41, 5.74) is -0.0962. The van der Waals surface area contributed by atoms with Crippen LogP contribution in [0.3, 0.4) is 0 Å². The summed E-state index contributed by atoms with van der Waals surface area (Å²) in [6.07, 6.45) is -12.8. The van der Waals surface area contributed by atoms with E-state index in [1.54, 1.807) is 0 Å². The van der Waals surface area contributed by atoms with Gasteiger partial charge in [0.05, 0.1) is 0 Å². The van der Waals surface area contributed by atoms with Crippen LogP contribution in [-0.4, -0.2) is 67.0 Å². The number of nitrogens with zero attached hydrogens (tertiary/aromatic N) is 1. The molecule has 4 rings (SSSR count). The Labute approximate surface area is 260 Å². The van der Waals surface area contributed by atoms with E-state index in [9.17, 15) is 89.1 Å². The van der Waals surface area contributed by atoms with Gasteiger partial charge in [-0.2, -0.15) is 83.0 Å². The number of alkyl halides is 17. The van der Waals surface area contributed by atoms with Crippen molar-refractivity contribution in [2.75, 3.05) is 0 Å². The minimum Gasteiger partial charge on any atom is -0.492 e. The number of aromatic hydroxyl groups is 2. The van der Waals surface area contributed by atoms with Crippen LogP contribution < -0.4 is 4.28 Å². The molecule has 2 fully saturated rings. The van der Waals surface area contributed by atoms with Crippen LogP contribution in [0.2, 0.25) is 0 Å². The molecule has 3 aliphatic carbocycles. The maximum atomic E-state index is 14.2. The smallest absolute Gasteiger partial charge is 0.460 e. The minimum atomic E-state index is -8.85. The molecule has 2 bridgehead atoms. The molecule has 7 atom stereocenters. The number of rotatable bonds is 12. The van der Waals surface area contributed by atoms with Crippen molar-refractivity contribution in [3.05, 3.63) is 11.1 Å². The molecule has 0 aliphatic heterocycles. The molecule has 24 heteroatoms. The lowest BCUT2D eigenvalue weighted by Crippen LogP contribution is -2.74. The summed E-state index contributed by atoms with van der Waals surface area (Å²) in [4.78, 5) is 0. The van der Waals surface area contributed by atoms with Crippen LogP contribution >= 0.6 is 0 Å². The quantitative estimate of drug-likeness (QED) is 0.211. The Morgan fingerprint density at radius 3 is 1.33 bits per heavy atom. The predicted octanol–water partition coefficient (Wildman–Crippen LogP) is 8.16. The zero-order valence-corrected chi connectivity index (χ0v) is 24.5. The molecular formula is C24H22F17NO5S. The van der Waals surface area contributed by atoms with Crippen LogP contribution in [0, 0.1) is 23.7 Å². The second-order valence-electron chi connectivity index (χ2n) is 11.8. The van der Waals surface area contributed by atoms with Crippen LogP contribution in [0.1, 0.15) is 62.5 Å². The SMILES string of the molecule is CCC1CC(CC)C2C3CC(c4c3c(O)n(OS(=O)OC(F)(F)C(F)(F)C(F)(F)C(F)(F)C(F)(F)C(F)(F)C(F)(F)C(F)(F)F)c4O)C12. The molecule has 2 N–H and O–H groups in total. The summed E-state index contributed by atoms with van der Waals surface area (Å²) in [5.74, 6) is -54.9. The molecule has 1 heterocycles. The van der Waals surface area contributed by atoms with Gasteiger partial charge in [-0.25, -0.2) is 0 Å². The number of hydrogen-bond donors (Lipinski definition) is 2. The van der Waals surface area contributed by atoms with Gasteiger partial charge in [-0.05, 0) is 48.3 Å². The highest BCUT2D eigenvalue weighted by Gasteiger charge is 2.95. The highest BCUT2D eigenvalue weighted by molar-refractivity contribution is 7.75. The largest absolute Gasteiger partial charge is 0.492 e. The Hall–Kier alpha value is -2.40. The molecule has 6 nitrogen and oxygen atoms in total. The first kappa shape index (κ1) is 38.4. The lowest BCUT2D eigenvalue weighted by Gasteiger charge is -2.42. The van der Waals surface area contributed by atoms with Crippen molar-refractivity contribution >= 4 is 11.4 Å². The lowest BCUT2D eigenvalue weighted by molar-refractivity contribution is -0.471. The third-order valence-electron chi connectivity index (χ3n) is 9.52. The van der Waals surface area contributed by atoms with Crippen molar-refractivity contribution < 1.29 is 97.5 Å². The molecule has 1 aromatic rings. The van der Waals surface area contributed by atoms with E-state index in [2.05, 4.69) is 8.47 Å². The molecule has 0 saturated heterocycles. The fourth-order valence-corrected chi connectivity index (χ4v) is 7.91. The van der Waals surface area contributed by atoms with Crippen molar-refractivity contribution in [3.63, 3.8) is 0 Å². The second-order valence-corrected chi connectivity index (χ2v) is 12.5. The number of fused-ring (bicyclic) bond motifs is 8. The van der Waals surface area contributed by atoms with Gasteiger partial charge in [0.25, 0.3) is 0 Å². The third kappa shape index (κ3) is 4.71. The molecule has 0 radical (unpaired) electrons. The first-order chi connectivity index (χ1) is 21.4. The Balaban J connectivity index is 1.61. The average molecular weight is 759 g/mol. The van der Waals surface area contributed by atoms with Crippen molar-refractivity contribution in [1.82, 2.24) is 4.73 Å². The third-order valence-corrected chi connectivity index (χ3v) is 10.1. The Kier molecular flexibility index (Phi) is 8.84. The fraction of sp³-hybridized carbons (Fsp3) is 0.833. The van der Waals surface area contributed by atoms with Crippen LogP contribution in [-0.2, 0) is 15.5 Å². The highest BCUT2D eigenvalue weighted by atomic mass is 32.2. The van der Waals surface area contributed by atoms with Gasteiger partial charge in [0, 0.05) is 11.1 Å². The zero-order valence-electron chi connectivity index (χ0n) is 23.7. The van der Waals surface area contributed by atoms with E-state index < -0.39 is 82.8 Å². The van der Waals surface area contributed by atoms with Crippen molar-refractivity contribution in [3.8, 4) is 11.8 Å². The molecule has 2 saturated carbocycles. The predicted molar refractivity (Wildman–Crippen MR) is 124 cm³/mol. The van der Waals surface area contributed by atoms with Gasteiger partial charge in [-0.1, -0.05) is 31.4 Å². The van der Waals surface area contributed by atoms with E-state index in [1.807, 2.05) is 13.8 Å². The zero-order chi connectivity index (χ0) is 37.2. The van der Waals surface area contributed by atoms with Gasteiger partial charge >= 0.3 is 59.2 Å². The standard InChI is InChI=1S/C24H22F17NO5S/c1-3-7-5-8(4-2)12-10-6-9(11(7)12)13-14(10)16(44)42(15(13)43)47-48(45)46-24(40,41)22(35,36)20(31,32)18(27,28)17(25,26)19(29,30)21(33,34)23(37,38)39/h7-12,43-44H,3-6H2,1-2H3. The van der Waals surface area contributed by atoms with Gasteiger partial charge in [0.2, 0.25) is 11.8 Å². The van der Waals surface area contributed by atoms with Crippen LogP contribution in [0.15, 0.2) is 0 Å². The maximum absolute atomic E-state index is 14.2. The normalized spacial score (nSPS) is 27.7. The van der Waals surface area contributed by atoms with Gasteiger partial charge in [0.15, 0.2) is 0 Å². The number of aromatic nitrogens is 1. The lowest BCUT2D eigenvalue weighted by atomic mass is 9.73. The minimum absolute atomic E-state index is 0.0481. The van der Waals surface area contributed by atoms with Gasteiger partial charge < -0.3 is 10.2 Å². The molecular weight excluding hydrogens is 737 g/mol. The molecule has 3 aliphatic rings. The summed E-state index contributed by atoms with van der Waals surface area (Å²) in [7, 11) is 0. The summed E-state index contributed by atoms with van der Waals surface area (Å²) in [6, 6.07) is 0. The molecule has 278 valence electrons. The molecule has 48 heavy (non-hydrogen) atoms. The molecule has 0 spiro atoms. The Bertz CT molecular complexity index is 1400. The van der Waals surface area contributed by atoms with Gasteiger partial charge in [0.1, 0.15) is 0 Å². The average Bonchev–Trinajstić information content (AvgIpc) is 3.67. The maximum Gasteiger partial charge on any atom is 0.460 e. The van der Waals surface area contributed by atoms with Crippen molar-refractivity contribution in [2.45, 2.75) is 99.2 Å². The summed E-state index contributed by atoms with van der Waals surface area (Å²) < 4.78 is 247. The summed E-state index contributed by atoms with van der Waals surface area (Å²) in [5, 5.41) is 21.2. The molecule has 7 unspecified atom stereocenters. The van der Waals surface area contributed by atoms with E-state index in [0.717, 1.165) is 6.42 Å². The van der Waals surface area contributed by atoms with E-state index >= 15 is 0 Å². The second kappa shape index (κ2) is 11.0. The fourth-order valence-electron chi connectivity index (χ4n) is 7.34. The monoisotopic (exact) mass is 759 g/mol. The first-order valence-corrected chi connectivity index (χ1v) is 14.6. The van der Waals surface area contributed by atoms with E-state index in [1.165, 1.54) is 0 Å². The number of hydrogen-bond acceptors (Lipinski definition) is 5. The topological polar surface area (TPSA) is 80.9 Å². The van der Waals surface area contributed by atoms with Crippen molar-refractivity contribution in [1.29, 1.82) is 0 Å². The Morgan fingerprint density at radius 2 is 0.979 bits per heavy atom.